The molecule has 0 saturated carbocycles. The van der Waals surface area contributed by atoms with Crippen molar-refractivity contribution in [3.8, 4) is 0 Å². The predicted molar refractivity (Wildman–Crippen MR) is 90.7 cm³/mol. The Hall–Kier alpha value is -1.84. The number of halogens is 1. The van der Waals surface area contributed by atoms with E-state index in [1.165, 1.54) is 18.4 Å². The molecule has 2 N–H and O–H groups in total. The van der Waals surface area contributed by atoms with E-state index >= 15 is 0 Å². The van der Waals surface area contributed by atoms with Crippen LogP contribution < -0.4 is 10.6 Å². The van der Waals surface area contributed by atoms with Crippen LogP contribution in [0.3, 0.4) is 0 Å². The summed E-state index contributed by atoms with van der Waals surface area (Å²) in [7, 11) is 0. The van der Waals surface area contributed by atoms with Gasteiger partial charge in [0.1, 0.15) is 0 Å². The van der Waals surface area contributed by atoms with Gasteiger partial charge in [0.05, 0.1) is 0 Å². The lowest BCUT2D eigenvalue weighted by atomic mass is 9.91. The van der Waals surface area contributed by atoms with E-state index in [2.05, 4.69) is 22.8 Å². The summed E-state index contributed by atoms with van der Waals surface area (Å²) < 4.78 is 0. The molecule has 3 rings (SSSR count). The molecule has 1 amide bonds. The minimum atomic E-state index is -0.122. The summed E-state index contributed by atoms with van der Waals surface area (Å²) in [5, 5.41) is 6.96. The molecule has 1 aliphatic rings. The summed E-state index contributed by atoms with van der Waals surface area (Å²) in [6.45, 7) is 2.15. The lowest BCUT2D eigenvalue weighted by molar-refractivity contribution is 0.102. The van der Waals surface area contributed by atoms with Gasteiger partial charge in [0.15, 0.2) is 0 Å². The Morgan fingerprint density at radius 2 is 1.82 bits per heavy atom. The van der Waals surface area contributed by atoms with Gasteiger partial charge in [0.2, 0.25) is 0 Å². The van der Waals surface area contributed by atoms with Gasteiger partial charge in [-0.25, -0.2) is 0 Å². The van der Waals surface area contributed by atoms with Crippen LogP contribution in [0, 0.1) is 0 Å². The van der Waals surface area contributed by atoms with Crippen molar-refractivity contribution >= 4 is 23.2 Å². The van der Waals surface area contributed by atoms with Crippen LogP contribution in [0.2, 0.25) is 5.02 Å². The molecule has 1 fully saturated rings. The predicted octanol–water partition coefficient (Wildman–Crippen LogP) is 4.06. The molecule has 3 nitrogen and oxygen atoms in total. The number of nitrogens with one attached hydrogen (secondary N) is 2. The first-order chi connectivity index (χ1) is 10.7. The third-order valence-corrected chi connectivity index (χ3v) is 4.30. The van der Waals surface area contributed by atoms with Crippen molar-refractivity contribution in [1.29, 1.82) is 0 Å². The first-order valence-electron chi connectivity index (χ1n) is 7.60. The molecule has 1 saturated heterocycles. The van der Waals surface area contributed by atoms with Gasteiger partial charge in [-0.2, -0.15) is 0 Å². The Bertz CT molecular complexity index is 631. The Morgan fingerprint density at radius 3 is 2.45 bits per heavy atom. The van der Waals surface area contributed by atoms with Gasteiger partial charge in [-0.15, -0.1) is 0 Å². The monoisotopic (exact) mass is 314 g/mol. The smallest absolute Gasteiger partial charge is 0.255 e. The average Bonchev–Trinajstić information content (AvgIpc) is 2.57. The van der Waals surface area contributed by atoms with Gasteiger partial charge >= 0.3 is 0 Å². The number of piperidine rings is 1. The lowest BCUT2D eigenvalue weighted by Gasteiger charge is -2.23. The largest absolute Gasteiger partial charge is 0.322 e. The molecule has 1 atom stereocenters. The Morgan fingerprint density at radius 1 is 1.09 bits per heavy atom. The van der Waals surface area contributed by atoms with Crippen molar-refractivity contribution < 1.29 is 4.79 Å². The second-order valence-electron chi connectivity index (χ2n) is 5.63. The van der Waals surface area contributed by atoms with E-state index in [0.29, 0.717) is 16.5 Å². The Balaban J connectivity index is 1.65. The van der Waals surface area contributed by atoms with Gasteiger partial charge < -0.3 is 10.6 Å². The molecule has 0 aliphatic carbocycles. The molecule has 0 aromatic heterocycles. The first kappa shape index (κ1) is 15.1. The minimum Gasteiger partial charge on any atom is -0.322 e. The molecule has 1 heterocycles. The van der Waals surface area contributed by atoms with E-state index in [1.54, 1.807) is 24.3 Å². The maximum Gasteiger partial charge on any atom is 0.255 e. The maximum absolute atomic E-state index is 12.1. The number of amides is 1. The van der Waals surface area contributed by atoms with Gasteiger partial charge in [0, 0.05) is 22.8 Å². The fourth-order valence-electron chi connectivity index (χ4n) is 2.78. The number of carbonyl (C=O) groups excluding carboxylic acids is 1. The van der Waals surface area contributed by atoms with Gasteiger partial charge in [0.25, 0.3) is 5.91 Å². The van der Waals surface area contributed by atoms with Crippen LogP contribution in [0.4, 0.5) is 5.69 Å². The van der Waals surface area contributed by atoms with Crippen LogP contribution in [0.5, 0.6) is 0 Å². The van der Waals surface area contributed by atoms with Crippen LogP contribution in [-0.2, 0) is 0 Å². The normalized spacial score (nSPS) is 18.0. The minimum absolute atomic E-state index is 0.122. The number of hydrogen-bond acceptors (Lipinski definition) is 2. The standard InChI is InChI=1S/C18H19ClN2O/c19-16-7-3-14(4-8-16)18(22)21-17-9-5-13(6-10-17)15-2-1-11-20-12-15/h3-10,15,20H,1-2,11-12H2,(H,21,22)/t15-/m0/s1. The van der Waals surface area contributed by atoms with Crippen LogP contribution in [-0.4, -0.2) is 19.0 Å². The van der Waals surface area contributed by atoms with E-state index in [1.807, 2.05) is 12.1 Å². The van der Waals surface area contributed by atoms with Gasteiger partial charge in [-0.3, -0.25) is 4.79 Å². The Kier molecular flexibility index (Phi) is 4.76. The van der Waals surface area contributed by atoms with Crippen molar-refractivity contribution in [2.45, 2.75) is 18.8 Å². The fourth-order valence-corrected chi connectivity index (χ4v) is 2.91. The highest BCUT2D eigenvalue weighted by Gasteiger charge is 2.15. The molecular formula is C18H19ClN2O. The number of carbonyl (C=O) groups is 1. The van der Waals surface area contributed by atoms with E-state index in [-0.39, 0.29) is 5.91 Å². The molecule has 0 unspecified atom stereocenters. The SMILES string of the molecule is O=C(Nc1ccc([C@H]2CCCNC2)cc1)c1ccc(Cl)cc1. The summed E-state index contributed by atoms with van der Waals surface area (Å²) in [5.41, 5.74) is 2.74. The fraction of sp³-hybridized carbons (Fsp3) is 0.278. The number of rotatable bonds is 3. The van der Waals surface area contributed by atoms with Crippen molar-refractivity contribution in [2.75, 3.05) is 18.4 Å². The summed E-state index contributed by atoms with van der Waals surface area (Å²) in [6.07, 6.45) is 2.45. The number of anilines is 1. The third kappa shape index (κ3) is 3.67. The van der Waals surface area contributed by atoms with E-state index in [4.69, 9.17) is 11.6 Å². The van der Waals surface area contributed by atoms with Crippen molar-refractivity contribution in [3.63, 3.8) is 0 Å². The number of benzene rings is 2. The van der Waals surface area contributed by atoms with Crippen LogP contribution in [0.1, 0.15) is 34.7 Å². The molecule has 0 spiro atoms. The molecule has 0 bridgehead atoms. The van der Waals surface area contributed by atoms with Gasteiger partial charge in [-0.05, 0) is 67.3 Å². The van der Waals surface area contributed by atoms with Crippen LogP contribution in [0.15, 0.2) is 48.5 Å². The molecule has 22 heavy (non-hydrogen) atoms. The maximum atomic E-state index is 12.1. The topological polar surface area (TPSA) is 41.1 Å². The molecule has 4 heteroatoms. The van der Waals surface area contributed by atoms with Crippen molar-refractivity contribution in [1.82, 2.24) is 5.32 Å². The summed E-state index contributed by atoms with van der Waals surface area (Å²) in [4.78, 5) is 12.1. The molecule has 2 aromatic rings. The van der Waals surface area contributed by atoms with Crippen LogP contribution >= 0.6 is 11.6 Å². The first-order valence-corrected chi connectivity index (χ1v) is 7.98. The quantitative estimate of drug-likeness (QED) is 0.897. The average molecular weight is 315 g/mol. The summed E-state index contributed by atoms with van der Waals surface area (Å²) >= 11 is 5.83. The van der Waals surface area contributed by atoms with E-state index in [0.717, 1.165) is 18.8 Å². The zero-order chi connectivity index (χ0) is 15.4. The van der Waals surface area contributed by atoms with Crippen molar-refractivity contribution in [3.05, 3.63) is 64.7 Å². The lowest BCUT2D eigenvalue weighted by Crippen LogP contribution is -2.28. The molecular weight excluding hydrogens is 296 g/mol. The number of hydrogen-bond donors (Lipinski definition) is 2. The highest BCUT2D eigenvalue weighted by molar-refractivity contribution is 6.30. The molecule has 2 aromatic carbocycles. The second-order valence-corrected chi connectivity index (χ2v) is 6.06. The zero-order valence-corrected chi connectivity index (χ0v) is 13.1. The second kappa shape index (κ2) is 6.95. The molecule has 114 valence electrons. The zero-order valence-electron chi connectivity index (χ0n) is 12.3. The Labute approximate surface area is 135 Å². The molecule has 1 aliphatic heterocycles. The van der Waals surface area contributed by atoms with E-state index in [9.17, 15) is 4.79 Å². The van der Waals surface area contributed by atoms with Gasteiger partial charge in [-0.1, -0.05) is 23.7 Å². The summed E-state index contributed by atoms with van der Waals surface area (Å²) in [5.74, 6) is 0.457. The third-order valence-electron chi connectivity index (χ3n) is 4.04. The van der Waals surface area contributed by atoms with Crippen LogP contribution in [0.25, 0.3) is 0 Å². The van der Waals surface area contributed by atoms with Crippen molar-refractivity contribution in [2.24, 2.45) is 0 Å². The van der Waals surface area contributed by atoms with E-state index < -0.39 is 0 Å². The highest BCUT2D eigenvalue weighted by Crippen LogP contribution is 2.24. The molecule has 0 radical (unpaired) electrons. The summed E-state index contributed by atoms with van der Waals surface area (Å²) in [6, 6.07) is 15.0. The highest BCUT2D eigenvalue weighted by atomic mass is 35.5.